The Labute approximate surface area is 104 Å². The first-order chi connectivity index (χ1) is 8.83. The number of nitrogens with zero attached hydrogens (tertiary/aromatic N) is 2. The van der Waals surface area contributed by atoms with Gasteiger partial charge >= 0.3 is 0 Å². The number of nitrogens with one attached hydrogen (secondary N) is 1. The maximum absolute atomic E-state index is 11.0. The van der Waals surface area contributed by atoms with Crippen LogP contribution in [0.25, 0.3) is 16.9 Å². The molecule has 0 spiro atoms. The van der Waals surface area contributed by atoms with Crippen LogP contribution < -0.4 is 5.43 Å². The summed E-state index contributed by atoms with van der Waals surface area (Å²) in [7, 11) is 0. The third-order valence-electron chi connectivity index (χ3n) is 2.78. The van der Waals surface area contributed by atoms with Crippen molar-refractivity contribution in [3.8, 4) is 16.9 Å². The highest BCUT2D eigenvalue weighted by atomic mass is 16.1. The summed E-state index contributed by atoms with van der Waals surface area (Å²) in [5, 5.41) is 6.85. The number of H-pyrrole nitrogens is 1. The van der Waals surface area contributed by atoms with Gasteiger partial charge in [0.15, 0.2) is 5.43 Å². The van der Waals surface area contributed by atoms with Crippen molar-refractivity contribution in [1.82, 2.24) is 14.8 Å². The van der Waals surface area contributed by atoms with Crippen LogP contribution in [0.4, 0.5) is 0 Å². The molecule has 0 amide bonds. The lowest BCUT2D eigenvalue weighted by Crippen LogP contribution is -2.01. The van der Waals surface area contributed by atoms with Crippen LogP contribution in [0.5, 0.6) is 0 Å². The molecular weight excluding hydrogens is 226 g/mol. The number of benzene rings is 1. The monoisotopic (exact) mass is 237 g/mol. The normalized spacial score (nSPS) is 10.4. The molecule has 3 aromatic rings. The first-order valence-corrected chi connectivity index (χ1v) is 5.61. The standard InChI is InChI=1S/C14H11N3O/c18-13-6-9-17(10-7-13)12-3-1-11(2-4-12)14-5-8-15-16-14/h1-10H,(H,15,16). The molecule has 2 aromatic heterocycles. The van der Waals surface area contributed by atoms with Gasteiger partial charge in [0, 0.05) is 36.4 Å². The Kier molecular flexibility index (Phi) is 2.53. The summed E-state index contributed by atoms with van der Waals surface area (Å²) >= 11 is 0. The van der Waals surface area contributed by atoms with Crippen LogP contribution in [0.1, 0.15) is 0 Å². The van der Waals surface area contributed by atoms with Crippen molar-refractivity contribution in [2.45, 2.75) is 0 Å². The Balaban J connectivity index is 1.96. The van der Waals surface area contributed by atoms with E-state index in [1.807, 2.05) is 34.9 Å². The van der Waals surface area contributed by atoms with Crippen molar-refractivity contribution < 1.29 is 0 Å². The average Bonchev–Trinajstić information content (AvgIpc) is 2.94. The summed E-state index contributed by atoms with van der Waals surface area (Å²) in [6, 6.07) is 13.0. The van der Waals surface area contributed by atoms with Crippen LogP contribution in [0.15, 0.2) is 65.8 Å². The van der Waals surface area contributed by atoms with Crippen molar-refractivity contribution in [3.05, 3.63) is 71.3 Å². The molecule has 0 saturated carbocycles. The Morgan fingerprint density at radius 2 is 1.67 bits per heavy atom. The van der Waals surface area contributed by atoms with Gasteiger partial charge in [-0.3, -0.25) is 9.89 Å². The lowest BCUT2D eigenvalue weighted by atomic mass is 10.1. The molecule has 4 nitrogen and oxygen atoms in total. The molecule has 0 radical (unpaired) electrons. The van der Waals surface area contributed by atoms with Crippen molar-refractivity contribution >= 4 is 0 Å². The van der Waals surface area contributed by atoms with E-state index in [2.05, 4.69) is 10.2 Å². The molecule has 0 saturated heterocycles. The number of hydrogen-bond acceptors (Lipinski definition) is 2. The van der Waals surface area contributed by atoms with Gasteiger partial charge in [-0.05, 0) is 23.8 Å². The third kappa shape index (κ3) is 1.96. The maximum atomic E-state index is 11.0. The molecule has 4 heteroatoms. The summed E-state index contributed by atoms with van der Waals surface area (Å²) in [6.45, 7) is 0. The zero-order valence-corrected chi connectivity index (χ0v) is 9.58. The van der Waals surface area contributed by atoms with Gasteiger partial charge in [0.1, 0.15) is 0 Å². The zero-order chi connectivity index (χ0) is 12.4. The predicted octanol–water partition coefficient (Wildman–Crippen LogP) is 2.23. The highest BCUT2D eigenvalue weighted by molar-refractivity contribution is 5.60. The van der Waals surface area contributed by atoms with E-state index in [0.29, 0.717) is 0 Å². The molecule has 0 aliphatic carbocycles. The quantitative estimate of drug-likeness (QED) is 0.743. The number of aromatic nitrogens is 3. The van der Waals surface area contributed by atoms with Crippen LogP contribution in [-0.4, -0.2) is 14.8 Å². The predicted molar refractivity (Wildman–Crippen MR) is 69.6 cm³/mol. The maximum Gasteiger partial charge on any atom is 0.181 e. The van der Waals surface area contributed by atoms with E-state index in [4.69, 9.17) is 0 Å². The molecule has 0 unspecified atom stereocenters. The molecule has 0 aliphatic rings. The van der Waals surface area contributed by atoms with Gasteiger partial charge in [0.2, 0.25) is 0 Å². The molecular formula is C14H11N3O. The summed E-state index contributed by atoms with van der Waals surface area (Å²) in [5.74, 6) is 0. The minimum atomic E-state index is 0.0142. The SMILES string of the molecule is O=c1ccn(-c2ccc(-c3ccn[nH]3)cc2)cc1. The largest absolute Gasteiger partial charge is 0.324 e. The van der Waals surface area contributed by atoms with E-state index >= 15 is 0 Å². The molecule has 1 N–H and O–H groups in total. The summed E-state index contributed by atoms with van der Waals surface area (Å²) in [4.78, 5) is 11.0. The Hall–Kier alpha value is -2.62. The van der Waals surface area contributed by atoms with Crippen molar-refractivity contribution in [1.29, 1.82) is 0 Å². The Morgan fingerprint density at radius 3 is 2.28 bits per heavy atom. The van der Waals surface area contributed by atoms with Gasteiger partial charge in [0.05, 0.1) is 5.69 Å². The molecule has 1 aromatic carbocycles. The van der Waals surface area contributed by atoms with Gasteiger partial charge in [-0.15, -0.1) is 0 Å². The molecule has 0 aliphatic heterocycles. The minimum Gasteiger partial charge on any atom is -0.324 e. The van der Waals surface area contributed by atoms with Crippen LogP contribution >= 0.6 is 0 Å². The lowest BCUT2D eigenvalue weighted by Gasteiger charge is -2.06. The fourth-order valence-electron chi connectivity index (χ4n) is 1.81. The average molecular weight is 237 g/mol. The van der Waals surface area contributed by atoms with Gasteiger partial charge in [-0.2, -0.15) is 5.10 Å². The van der Waals surface area contributed by atoms with E-state index in [9.17, 15) is 4.79 Å². The molecule has 2 heterocycles. The molecule has 0 atom stereocenters. The van der Waals surface area contributed by atoms with E-state index in [1.54, 1.807) is 30.7 Å². The smallest absolute Gasteiger partial charge is 0.181 e. The second-order valence-electron chi connectivity index (χ2n) is 3.96. The first kappa shape index (κ1) is 10.5. The van der Waals surface area contributed by atoms with E-state index in [-0.39, 0.29) is 5.43 Å². The van der Waals surface area contributed by atoms with Gasteiger partial charge in [-0.25, -0.2) is 0 Å². The third-order valence-corrected chi connectivity index (χ3v) is 2.78. The van der Waals surface area contributed by atoms with Gasteiger partial charge in [-0.1, -0.05) is 12.1 Å². The van der Waals surface area contributed by atoms with Crippen LogP contribution in [-0.2, 0) is 0 Å². The lowest BCUT2D eigenvalue weighted by molar-refractivity contribution is 1.04. The van der Waals surface area contributed by atoms with Crippen LogP contribution in [0.2, 0.25) is 0 Å². The topological polar surface area (TPSA) is 50.7 Å². The highest BCUT2D eigenvalue weighted by Crippen LogP contribution is 2.18. The van der Waals surface area contributed by atoms with Crippen molar-refractivity contribution in [2.24, 2.45) is 0 Å². The summed E-state index contributed by atoms with van der Waals surface area (Å²) in [6.07, 6.45) is 5.24. The number of rotatable bonds is 2. The minimum absolute atomic E-state index is 0.0142. The molecule has 88 valence electrons. The molecule has 0 fully saturated rings. The van der Waals surface area contributed by atoms with Crippen molar-refractivity contribution in [2.75, 3.05) is 0 Å². The number of aromatic amines is 1. The number of hydrogen-bond donors (Lipinski definition) is 1. The molecule has 0 bridgehead atoms. The fourth-order valence-corrected chi connectivity index (χ4v) is 1.81. The fraction of sp³-hybridized carbons (Fsp3) is 0. The summed E-state index contributed by atoms with van der Waals surface area (Å²) < 4.78 is 1.90. The van der Waals surface area contributed by atoms with Crippen molar-refractivity contribution in [3.63, 3.8) is 0 Å². The van der Waals surface area contributed by atoms with E-state index in [0.717, 1.165) is 16.9 Å². The Bertz CT molecular complexity index is 676. The second-order valence-corrected chi connectivity index (χ2v) is 3.96. The zero-order valence-electron chi connectivity index (χ0n) is 9.58. The van der Waals surface area contributed by atoms with E-state index < -0.39 is 0 Å². The van der Waals surface area contributed by atoms with E-state index in [1.165, 1.54) is 0 Å². The second kappa shape index (κ2) is 4.33. The Morgan fingerprint density at radius 1 is 0.944 bits per heavy atom. The van der Waals surface area contributed by atoms with Crippen LogP contribution in [0, 0.1) is 0 Å². The summed E-state index contributed by atoms with van der Waals surface area (Å²) in [5.41, 5.74) is 3.09. The van der Waals surface area contributed by atoms with Gasteiger partial charge < -0.3 is 4.57 Å². The molecule has 3 rings (SSSR count). The van der Waals surface area contributed by atoms with Crippen LogP contribution in [0.3, 0.4) is 0 Å². The molecule has 18 heavy (non-hydrogen) atoms. The number of pyridine rings is 1. The highest BCUT2D eigenvalue weighted by Gasteiger charge is 1.99. The van der Waals surface area contributed by atoms with Gasteiger partial charge in [0.25, 0.3) is 0 Å². The first-order valence-electron chi connectivity index (χ1n) is 5.61.